The summed E-state index contributed by atoms with van der Waals surface area (Å²) in [7, 11) is -0.877. The molecule has 1 aromatic rings. The molecule has 22 heavy (non-hydrogen) atoms. The average molecular weight is 388 g/mol. The van der Waals surface area contributed by atoms with Gasteiger partial charge in [0.05, 0.1) is 5.02 Å². The van der Waals surface area contributed by atoms with Crippen LogP contribution in [0.1, 0.15) is 13.8 Å². The van der Waals surface area contributed by atoms with Gasteiger partial charge in [-0.3, -0.25) is 0 Å². The zero-order valence-electron chi connectivity index (χ0n) is 12.8. The second-order valence-corrected chi connectivity index (χ2v) is 9.55. The van der Waals surface area contributed by atoms with Gasteiger partial charge in [0.25, 0.3) is 0 Å². The summed E-state index contributed by atoms with van der Waals surface area (Å²) in [6, 6.07) is 4.24. The van der Waals surface area contributed by atoms with Crippen LogP contribution in [0.2, 0.25) is 5.02 Å². The summed E-state index contributed by atoms with van der Waals surface area (Å²) in [5.74, 6) is 0.288. The SMILES string of the molecule is CCN(CC)S(=O)(=O)c1ccc(OP(=S)(OC)OC)cc1Cl. The van der Waals surface area contributed by atoms with Crippen LogP contribution in [-0.2, 0) is 30.9 Å². The van der Waals surface area contributed by atoms with E-state index in [0.29, 0.717) is 13.1 Å². The van der Waals surface area contributed by atoms with Gasteiger partial charge in [-0.2, -0.15) is 4.31 Å². The van der Waals surface area contributed by atoms with E-state index >= 15 is 0 Å². The van der Waals surface area contributed by atoms with Crippen molar-refractivity contribution in [1.29, 1.82) is 0 Å². The molecule has 0 radical (unpaired) electrons. The molecule has 10 heteroatoms. The van der Waals surface area contributed by atoms with Crippen molar-refractivity contribution in [3.63, 3.8) is 0 Å². The predicted octanol–water partition coefficient (Wildman–Crippen LogP) is 3.27. The Hall–Kier alpha value is -0.210. The van der Waals surface area contributed by atoms with Crippen LogP contribution < -0.4 is 4.52 Å². The first kappa shape index (κ1) is 19.8. The minimum absolute atomic E-state index is 0.0216. The summed E-state index contributed by atoms with van der Waals surface area (Å²) < 4.78 is 41.7. The van der Waals surface area contributed by atoms with E-state index in [1.165, 1.54) is 36.7 Å². The number of rotatable bonds is 8. The molecule has 1 rings (SSSR count). The Morgan fingerprint density at radius 3 is 2.18 bits per heavy atom. The van der Waals surface area contributed by atoms with Crippen molar-refractivity contribution in [2.45, 2.75) is 18.7 Å². The van der Waals surface area contributed by atoms with Crippen LogP contribution in [0.4, 0.5) is 0 Å². The van der Waals surface area contributed by atoms with E-state index in [9.17, 15) is 8.42 Å². The highest BCUT2D eigenvalue weighted by Crippen LogP contribution is 2.48. The van der Waals surface area contributed by atoms with Crippen LogP contribution in [0.25, 0.3) is 0 Å². The zero-order valence-corrected chi connectivity index (χ0v) is 16.1. The second kappa shape index (κ2) is 8.06. The third kappa shape index (κ3) is 4.41. The van der Waals surface area contributed by atoms with E-state index < -0.39 is 16.7 Å². The van der Waals surface area contributed by atoms with Crippen molar-refractivity contribution in [2.24, 2.45) is 0 Å². The first-order valence-electron chi connectivity index (χ1n) is 6.44. The third-order valence-corrected chi connectivity index (χ3v) is 7.87. The molecule has 0 aromatic heterocycles. The third-order valence-electron chi connectivity index (χ3n) is 2.89. The maximum Gasteiger partial charge on any atom is 0.380 e. The summed E-state index contributed by atoms with van der Waals surface area (Å²) >= 11 is 11.2. The molecular formula is C12H19ClNO5PS2. The van der Waals surface area contributed by atoms with Crippen molar-refractivity contribution in [2.75, 3.05) is 27.3 Å². The Kier molecular flexibility index (Phi) is 7.26. The van der Waals surface area contributed by atoms with E-state index in [1.54, 1.807) is 13.8 Å². The molecule has 0 spiro atoms. The van der Waals surface area contributed by atoms with Gasteiger partial charge >= 0.3 is 6.72 Å². The number of hydrogen-bond acceptors (Lipinski definition) is 6. The number of sulfonamides is 1. The van der Waals surface area contributed by atoms with Crippen LogP contribution in [0, 0.1) is 0 Å². The quantitative estimate of drug-likeness (QED) is 0.638. The van der Waals surface area contributed by atoms with Gasteiger partial charge < -0.3 is 13.6 Å². The monoisotopic (exact) mass is 387 g/mol. The number of benzene rings is 1. The molecule has 0 saturated carbocycles. The maximum absolute atomic E-state index is 12.5. The Labute approximate surface area is 141 Å². The van der Waals surface area contributed by atoms with E-state index in [-0.39, 0.29) is 15.7 Å². The number of hydrogen-bond donors (Lipinski definition) is 0. The van der Waals surface area contributed by atoms with E-state index in [1.807, 2.05) is 0 Å². The topological polar surface area (TPSA) is 65.1 Å². The molecule has 0 heterocycles. The fourth-order valence-electron chi connectivity index (χ4n) is 1.73. The molecule has 0 aliphatic rings. The van der Waals surface area contributed by atoms with Crippen LogP contribution in [0.5, 0.6) is 5.75 Å². The van der Waals surface area contributed by atoms with Crippen LogP contribution in [-0.4, -0.2) is 40.0 Å². The minimum atomic E-state index is -3.64. The van der Waals surface area contributed by atoms with Crippen molar-refractivity contribution in [1.82, 2.24) is 4.31 Å². The molecule has 0 amide bonds. The number of nitrogens with zero attached hydrogens (tertiary/aromatic N) is 1. The molecule has 0 bridgehead atoms. The summed E-state index contributed by atoms with van der Waals surface area (Å²) in [4.78, 5) is 0.0216. The normalized spacial score (nSPS) is 12.6. The fourth-order valence-corrected chi connectivity index (χ4v) is 4.62. The molecule has 1 aromatic carbocycles. The lowest BCUT2D eigenvalue weighted by Gasteiger charge is -2.21. The molecule has 0 atom stereocenters. The standard InChI is InChI=1S/C12H19ClNO5PS2/c1-5-14(6-2)22(15,16)12-8-7-10(9-11(12)13)19-20(21,17-3)18-4/h7-9H,5-6H2,1-4H3. The lowest BCUT2D eigenvalue weighted by Crippen LogP contribution is -2.30. The smallest absolute Gasteiger partial charge is 0.380 e. The van der Waals surface area contributed by atoms with E-state index in [0.717, 1.165) is 0 Å². The van der Waals surface area contributed by atoms with Crippen LogP contribution >= 0.6 is 18.3 Å². The van der Waals surface area contributed by atoms with Gasteiger partial charge in [0.2, 0.25) is 10.0 Å². The van der Waals surface area contributed by atoms with Crippen molar-refractivity contribution < 1.29 is 22.0 Å². The van der Waals surface area contributed by atoms with Gasteiger partial charge in [0.1, 0.15) is 10.6 Å². The Morgan fingerprint density at radius 2 is 1.77 bits per heavy atom. The van der Waals surface area contributed by atoms with E-state index in [4.69, 9.17) is 37.0 Å². The number of halogens is 1. The van der Waals surface area contributed by atoms with Gasteiger partial charge in [-0.1, -0.05) is 25.4 Å². The zero-order chi connectivity index (χ0) is 17.0. The largest absolute Gasteiger partial charge is 0.424 e. The average Bonchev–Trinajstić information content (AvgIpc) is 2.47. The van der Waals surface area contributed by atoms with E-state index in [2.05, 4.69) is 0 Å². The fraction of sp³-hybridized carbons (Fsp3) is 0.500. The predicted molar refractivity (Wildman–Crippen MR) is 90.5 cm³/mol. The molecule has 0 saturated heterocycles. The van der Waals surface area contributed by atoms with Crippen LogP contribution in [0.3, 0.4) is 0 Å². The van der Waals surface area contributed by atoms with Gasteiger partial charge in [-0.05, 0) is 12.1 Å². The maximum atomic E-state index is 12.5. The summed E-state index contributed by atoms with van der Waals surface area (Å²) in [6.45, 7) is 1.36. The van der Waals surface area contributed by atoms with Gasteiger partial charge in [-0.15, -0.1) is 0 Å². The van der Waals surface area contributed by atoms with Gasteiger partial charge in [0.15, 0.2) is 0 Å². The van der Waals surface area contributed by atoms with Crippen LogP contribution in [0.15, 0.2) is 23.1 Å². The Balaban J connectivity index is 3.17. The summed E-state index contributed by atoms with van der Waals surface area (Å²) in [5.41, 5.74) is 0. The van der Waals surface area contributed by atoms with Gasteiger partial charge in [-0.25, -0.2) is 8.42 Å². The van der Waals surface area contributed by atoms with Crippen molar-refractivity contribution in [3.05, 3.63) is 23.2 Å². The second-order valence-electron chi connectivity index (χ2n) is 4.09. The molecule has 0 fully saturated rings. The molecule has 6 nitrogen and oxygen atoms in total. The first-order valence-corrected chi connectivity index (χ1v) is 10.8. The molecule has 126 valence electrons. The van der Waals surface area contributed by atoms with Gasteiger partial charge in [0, 0.05) is 45.2 Å². The molecule has 0 unspecified atom stereocenters. The Bertz CT molecular complexity index is 655. The van der Waals surface area contributed by atoms with Crippen molar-refractivity contribution in [3.8, 4) is 5.75 Å². The Morgan fingerprint density at radius 1 is 1.23 bits per heavy atom. The lowest BCUT2D eigenvalue weighted by molar-refractivity contribution is 0.273. The minimum Gasteiger partial charge on any atom is -0.424 e. The highest BCUT2D eigenvalue weighted by molar-refractivity contribution is 8.07. The summed E-state index contributed by atoms with van der Waals surface area (Å²) in [5, 5.41) is 0.0538. The lowest BCUT2D eigenvalue weighted by atomic mass is 10.3. The highest BCUT2D eigenvalue weighted by Gasteiger charge is 2.25. The highest BCUT2D eigenvalue weighted by atomic mass is 35.5. The molecule has 0 aliphatic heterocycles. The molecular weight excluding hydrogens is 369 g/mol. The summed E-state index contributed by atoms with van der Waals surface area (Å²) in [6.07, 6.45) is 0. The van der Waals surface area contributed by atoms with Crippen molar-refractivity contribution >= 4 is 40.1 Å². The molecule has 0 aliphatic carbocycles. The molecule has 0 N–H and O–H groups in total. The first-order chi connectivity index (χ1) is 10.2.